The van der Waals surface area contributed by atoms with Crippen LogP contribution in [0.2, 0.25) is 5.02 Å². The molecule has 0 spiro atoms. The van der Waals surface area contributed by atoms with Crippen molar-refractivity contribution in [3.8, 4) is 17.9 Å². The molecular weight excluding hydrogens is 196 g/mol. The molecule has 2 nitrogen and oxygen atoms in total. The lowest BCUT2D eigenvalue weighted by molar-refractivity contribution is 1.03. The third-order valence-electron chi connectivity index (χ3n) is 1.53. The monoisotopic (exact) mass is 204 g/mol. The number of benzene rings is 1. The summed E-state index contributed by atoms with van der Waals surface area (Å²) in [6.45, 7) is 0.540. The minimum atomic E-state index is 0.523. The molecule has 0 bridgehead atoms. The van der Waals surface area contributed by atoms with Crippen molar-refractivity contribution >= 4 is 11.6 Å². The highest BCUT2D eigenvalue weighted by Crippen LogP contribution is 2.13. The van der Waals surface area contributed by atoms with Gasteiger partial charge in [0.15, 0.2) is 0 Å². The summed E-state index contributed by atoms with van der Waals surface area (Å²) >= 11 is 5.80. The van der Waals surface area contributed by atoms with E-state index in [1.807, 2.05) is 6.07 Å². The molecule has 0 saturated heterocycles. The van der Waals surface area contributed by atoms with Gasteiger partial charge in [0, 0.05) is 23.6 Å². The Kier molecular flexibility index (Phi) is 4.01. The Morgan fingerprint density at radius 2 is 2.00 bits per heavy atom. The maximum Gasteiger partial charge on any atom is 0.0992 e. The van der Waals surface area contributed by atoms with Crippen molar-refractivity contribution in [1.82, 2.24) is 0 Å². The number of hydrogen-bond acceptors (Lipinski definition) is 2. The highest BCUT2D eigenvalue weighted by Gasteiger charge is 1.95. The number of nitrogens with zero attached hydrogens (tertiary/aromatic N) is 1. The zero-order chi connectivity index (χ0) is 10.4. The van der Waals surface area contributed by atoms with Gasteiger partial charge in [0.25, 0.3) is 0 Å². The van der Waals surface area contributed by atoms with E-state index in [2.05, 4.69) is 11.8 Å². The van der Waals surface area contributed by atoms with Crippen LogP contribution in [0.25, 0.3) is 0 Å². The molecule has 1 aromatic carbocycles. The molecule has 70 valence electrons. The summed E-state index contributed by atoms with van der Waals surface area (Å²) in [6.07, 6.45) is 0.647. The molecule has 0 unspecified atom stereocenters. The standard InChI is InChI=1S/C11H9ClN2/c12-11-6-9(3-1-2-4-13)5-10(7-11)8-14/h5-7H,2,4,13H2. The lowest BCUT2D eigenvalue weighted by Crippen LogP contribution is -1.95. The zero-order valence-corrected chi connectivity index (χ0v) is 8.30. The molecule has 0 heterocycles. The van der Waals surface area contributed by atoms with Crippen LogP contribution < -0.4 is 5.73 Å². The van der Waals surface area contributed by atoms with Crippen molar-refractivity contribution < 1.29 is 0 Å². The number of halogens is 1. The first-order valence-electron chi connectivity index (χ1n) is 4.16. The highest BCUT2D eigenvalue weighted by molar-refractivity contribution is 6.30. The fourth-order valence-electron chi connectivity index (χ4n) is 0.963. The molecule has 1 aromatic rings. The normalized spacial score (nSPS) is 8.64. The van der Waals surface area contributed by atoms with Crippen molar-refractivity contribution in [3.63, 3.8) is 0 Å². The zero-order valence-electron chi connectivity index (χ0n) is 7.55. The van der Waals surface area contributed by atoms with Crippen molar-refractivity contribution in [3.05, 3.63) is 34.3 Å². The summed E-state index contributed by atoms with van der Waals surface area (Å²) in [7, 11) is 0. The van der Waals surface area contributed by atoms with Gasteiger partial charge in [-0.1, -0.05) is 23.4 Å². The minimum absolute atomic E-state index is 0.523. The molecule has 0 aliphatic rings. The first-order valence-corrected chi connectivity index (χ1v) is 4.53. The van der Waals surface area contributed by atoms with Gasteiger partial charge in [-0.05, 0) is 18.2 Å². The van der Waals surface area contributed by atoms with E-state index in [1.54, 1.807) is 18.2 Å². The van der Waals surface area contributed by atoms with Crippen LogP contribution in [0.3, 0.4) is 0 Å². The summed E-state index contributed by atoms with van der Waals surface area (Å²) < 4.78 is 0. The van der Waals surface area contributed by atoms with E-state index in [9.17, 15) is 0 Å². The van der Waals surface area contributed by atoms with Crippen molar-refractivity contribution in [1.29, 1.82) is 5.26 Å². The van der Waals surface area contributed by atoms with Gasteiger partial charge >= 0.3 is 0 Å². The Morgan fingerprint density at radius 1 is 1.29 bits per heavy atom. The predicted molar refractivity (Wildman–Crippen MR) is 56.7 cm³/mol. The Balaban J connectivity index is 2.95. The Labute approximate surface area is 88.3 Å². The summed E-state index contributed by atoms with van der Waals surface area (Å²) in [5.74, 6) is 5.78. The molecule has 3 heteroatoms. The summed E-state index contributed by atoms with van der Waals surface area (Å²) in [6, 6.07) is 7.06. The van der Waals surface area contributed by atoms with Crippen molar-refractivity contribution in [2.75, 3.05) is 6.54 Å². The average Bonchev–Trinajstić information content (AvgIpc) is 2.17. The third kappa shape index (κ3) is 3.11. The van der Waals surface area contributed by atoms with E-state index in [-0.39, 0.29) is 0 Å². The first kappa shape index (κ1) is 10.6. The molecule has 0 atom stereocenters. The van der Waals surface area contributed by atoms with Gasteiger partial charge in [-0.25, -0.2) is 0 Å². The topological polar surface area (TPSA) is 49.8 Å². The maximum absolute atomic E-state index is 8.68. The third-order valence-corrected chi connectivity index (χ3v) is 1.75. The molecule has 0 saturated carbocycles. The lowest BCUT2D eigenvalue weighted by atomic mass is 10.1. The molecule has 14 heavy (non-hydrogen) atoms. The van der Waals surface area contributed by atoms with E-state index >= 15 is 0 Å². The van der Waals surface area contributed by atoms with Crippen LogP contribution in [-0.2, 0) is 0 Å². The molecule has 0 aliphatic heterocycles. The number of nitrogens with two attached hydrogens (primary N) is 1. The molecule has 1 rings (SSSR count). The predicted octanol–water partition coefficient (Wildman–Crippen LogP) is 1.91. The van der Waals surface area contributed by atoms with Crippen LogP contribution in [0, 0.1) is 23.2 Å². The second-order valence-electron chi connectivity index (χ2n) is 2.68. The van der Waals surface area contributed by atoms with Crippen LogP contribution in [0.4, 0.5) is 0 Å². The van der Waals surface area contributed by atoms with Gasteiger partial charge in [-0.2, -0.15) is 5.26 Å². The molecule has 0 aromatic heterocycles. The van der Waals surface area contributed by atoms with Gasteiger partial charge in [0.1, 0.15) is 0 Å². The largest absolute Gasteiger partial charge is 0.330 e. The van der Waals surface area contributed by atoms with Crippen LogP contribution in [0.1, 0.15) is 17.5 Å². The van der Waals surface area contributed by atoms with E-state index in [0.29, 0.717) is 23.6 Å². The van der Waals surface area contributed by atoms with Gasteiger partial charge in [-0.15, -0.1) is 0 Å². The van der Waals surface area contributed by atoms with Crippen molar-refractivity contribution in [2.45, 2.75) is 6.42 Å². The summed E-state index contributed by atoms with van der Waals surface area (Å²) in [4.78, 5) is 0. The van der Waals surface area contributed by atoms with Gasteiger partial charge in [0.2, 0.25) is 0 Å². The number of nitriles is 1. The van der Waals surface area contributed by atoms with Crippen LogP contribution in [0.15, 0.2) is 18.2 Å². The second-order valence-corrected chi connectivity index (χ2v) is 3.12. The van der Waals surface area contributed by atoms with Crippen molar-refractivity contribution in [2.24, 2.45) is 5.73 Å². The molecule has 0 radical (unpaired) electrons. The second kappa shape index (κ2) is 5.29. The van der Waals surface area contributed by atoms with Gasteiger partial charge < -0.3 is 5.73 Å². The van der Waals surface area contributed by atoms with E-state index in [0.717, 1.165) is 5.56 Å². The number of hydrogen-bond donors (Lipinski definition) is 1. The SMILES string of the molecule is N#Cc1cc(Cl)cc(C#CCCN)c1. The summed E-state index contributed by atoms with van der Waals surface area (Å²) in [5.41, 5.74) is 6.57. The van der Waals surface area contributed by atoms with E-state index in [1.165, 1.54) is 0 Å². The van der Waals surface area contributed by atoms with Gasteiger partial charge in [0.05, 0.1) is 11.6 Å². The lowest BCUT2D eigenvalue weighted by Gasteiger charge is -1.93. The molecule has 0 amide bonds. The molecule has 2 N–H and O–H groups in total. The quantitative estimate of drug-likeness (QED) is 0.711. The van der Waals surface area contributed by atoms with Crippen LogP contribution in [-0.4, -0.2) is 6.54 Å². The summed E-state index contributed by atoms with van der Waals surface area (Å²) in [5, 5.41) is 9.21. The van der Waals surface area contributed by atoms with Gasteiger partial charge in [-0.3, -0.25) is 0 Å². The molecule has 0 aliphatic carbocycles. The fourth-order valence-corrected chi connectivity index (χ4v) is 1.20. The smallest absolute Gasteiger partial charge is 0.0992 e. The minimum Gasteiger partial charge on any atom is -0.330 e. The average molecular weight is 205 g/mol. The van der Waals surface area contributed by atoms with Crippen LogP contribution in [0.5, 0.6) is 0 Å². The van der Waals surface area contributed by atoms with Crippen LogP contribution >= 0.6 is 11.6 Å². The maximum atomic E-state index is 8.68. The first-order chi connectivity index (χ1) is 6.76. The Hall–Kier alpha value is -1.48. The molecule has 0 fully saturated rings. The highest BCUT2D eigenvalue weighted by atomic mass is 35.5. The fraction of sp³-hybridized carbons (Fsp3) is 0.182. The Morgan fingerprint density at radius 3 is 2.64 bits per heavy atom. The Bertz CT molecular complexity index is 421. The van der Waals surface area contributed by atoms with E-state index < -0.39 is 0 Å². The molecular formula is C11H9ClN2. The van der Waals surface area contributed by atoms with E-state index in [4.69, 9.17) is 22.6 Å². The number of rotatable bonds is 1.